The van der Waals surface area contributed by atoms with E-state index >= 15 is 0 Å². The fraction of sp³-hybridized carbons (Fsp3) is 0.826. The molecule has 13 heteroatoms. The van der Waals surface area contributed by atoms with Gasteiger partial charge in [0.15, 0.2) is 0 Å². The number of carboxylic acids is 4. The van der Waals surface area contributed by atoms with Crippen LogP contribution in [-0.4, -0.2) is 148 Å². The molecule has 1 aliphatic carbocycles. The molecule has 0 amide bonds. The minimum absolute atomic E-state index is 0.168. The van der Waals surface area contributed by atoms with Crippen molar-refractivity contribution in [3.63, 3.8) is 0 Å². The number of hydrogen-bond donors (Lipinski definition) is 5. The molecule has 1 atom stereocenters. The molecule has 13 nitrogen and oxygen atoms in total. The first-order valence-electron chi connectivity index (χ1n) is 12.6. The second-order valence-electron chi connectivity index (χ2n) is 10.0. The minimum atomic E-state index is -1.02. The highest BCUT2D eigenvalue weighted by molar-refractivity contribution is 5.70. The number of nitrogens with zero attached hydrogens (tertiary/aromatic N) is 4. The van der Waals surface area contributed by atoms with Crippen molar-refractivity contribution in [3.05, 3.63) is 0 Å². The monoisotopic (exact) mass is 515 g/mol. The summed E-state index contributed by atoms with van der Waals surface area (Å²) in [6, 6.07) is -0.0835. The minimum Gasteiger partial charge on any atom is -0.480 e. The molecule has 1 heterocycles. The molecule has 206 valence electrons. The predicted molar refractivity (Wildman–Crippen MR) is 130 cm³/mol. The molecule has 1 saturated heterocycles. The number of nitrogens with two attached hydrogens (primary N) is 1. The van der Waals surface area contributed by atoms with Gasteiger partial charge in [-0.05, 0) is 38.0 Å². The summed E-state index contributed by atoms with van der Waals surface area (Å²) in [5.41, 5.74) is 6.06. The average molecular weight is 516 g/mol. The lowest BCUT2D eigenvalue weighted by atomic mass is 9.82. The molecule has 0 radical (unpaired) electrons. The smallest absolute Gasteiger partial charge is 0.317 e. The molecule has 0 aromatic heterocycles. The van der Waals surface area contributed by atoms with Gasteiger partial charge >= 0.3 is 23.9 Å². The molecule has 1 aliphatic heterocycles. The Bertz CT molecular complexity index is 746. The number of hydrogen-bond acceptors (Lipinski definition) is 9. The lowest BCUT2D eigenvalue weighted by Gasteiger charge is -2.39. The van der Waals surface area contributed by atoms with Crippen LogP contribution in [0.4, 0.5) is 0 Å². The van der Waals surface area contributed by atoms with Crippen LogP contribution in [0.2, 0.25) is 0 Å². The Labute approximate surface area is 211 Å². The first-order chi connectivity index (χ1) is 17.0. The van der Waals surface area contributed by atoms with E-state index < -0.39 is 23.9 Å². The summed E-state index contributed by atoms with van der Waals surface area (Å²) >= 11 is 0. The van der Waals surface area contributed by atoms with Crippen LogP contribution in [0.5, 0.6) is 0 Å². The fourth-order valence-corrected chi connectivity index (χ4v) is 5.19. The maximum absolute atomic E-state index is 11.8. The Morgan fingerprint density at radius 1 is 0.611 bits per heavy atom. The molecule has 0 aromatic carbocycles. The van der Waals surface area contributed by atoms with E-state index in [0.29, 0.717) is 58.2 Å². The van der Waals surface area contributed by atoms with E-state index in [4.69, 9.17) is 5.73 Å². The van der Waals surface area contributed by atoms with Gasteiger partial charge in [-0.3, -0.25) is 38.8 Å². The summed E-state index contributed by atoms with van der Waals surface area (Å²) in [7, 11) is 0. The zero-order chi connectivity index (χ0) is 26.7. The van der Waals surface area contributed by atoms with Crippen LogP contribution < -0.4 is 5.73 Å². The van der Waals surface area contributed by atoms with Crippen molar-refractivity contribution in [3.8, 4) is 0 Å². The second kappa shape index (κ2) is 15.1. The average Bonchev–Trinajstić information content (AvgIpc) is 2.76. The maximum atomic E-state index is 11.8. The van der Waals surface area contributed by atoms with Crippen LogP contribution in [-0.2, 0) is 19.2 Å². The molecular weight excluding hydrogens is 474 g/mol. The SMILES string of the molecule is NC1CCC(CC2CN(CC(=O)O)CCN(CC(=O)O)CCN(CC(=O)O)CCN2CC(=O)O)CC1. The van der Waals surface area contributed by atoms with Crippen molar-refractivity contribution >= 4 is 23.9 Å². The van der Waals surface area contributed by atoms with Gasteiger partial charge in [-0.25, -0.2) is 0 Å². The van der Waals surface area contributed by atoms with Gasteiger partial charge in [-0.1, -0.05) is 0 Å². The van der Waals surface area contributed by atoms with Crippen molar-refractivity contribution in [1.29, 1.82) is 0 Å². The van der Waals surface area contributed by atoms with Gasteiger partial charge in [-0.15, -0.1) is 0 Å². The second-order valence-corrected chi connectivity index (χ2v) is 10.0. The van der Waals surface area contributed by atoms with Crippen molar-refractivity contribution in [2.75, 3.05) is 72.0 Å². The Hall–Kier alpha value is -2.32. The van der Waals surface area contributed by atoms with Gasteiger partial charge < -0.3 is 26.2 Å². The first kappa shape index (κ1) is 29.9. The normalized spacial score (nSPS) is 26.5. The number of aliphatic carboxylic acids is 4. The van der Waals surface area contributed by atoms with E-state index in [1.807, 2.05) is 4.90 Å². The molecule has 1 unspecified atom stereocenters. The third-order valence-corrected chi connectivity index (χ3v) is 7.07. The Morgan fingerprint density at radius 3 is 1.50 bits per heavy atom. The van der Waals surface area contributed by atoms with Crippen molar-refractivity contribution < 1.29 is 39.6 Å². The maximum Gasteiger partial charge on any atom is 0.317 e. The fourth-order valence-electron chi connectivity index (χ4n) is 5.19. The topological polar surface area (TPSA) is 188 Å². The molecule has 0 spiro atoms. The molecule has 2 rings (SSSR count). The molecule has 36 heavy (non-hydrogen) atoms. The first-order valence-corrected chi connectivity index (χ1v) is 12.6. The summed E-state index contributed by atoms with van der Waals surface area (Å²) in [6.07, 6.45) is 4.33. The third-order valence-electron chi connectivity index (χ3n) is 7.07. The zero-order valence-corrected chi connectivity index (χ0v) is 20.8. The highest BCUT2D eigenvalue weighted by atomic mass is 16.4. The van der Waals surface area contributed by atoms with Crippen molar-refractivity contribution in [2.45, 2.75) is 44.2 Å². The Kier molecular flexibility index (Phi) is 12.5. The van der Waals surface area contributed by atoms with Crippen molar-refractivity contribution in [1.82, 2.24) is 19.6 Å². The summed E-state index contributed by atoms with van der Waals surface area (Å²) in [6.45, 7) is 1.16. The van der Waals surface area contributed by atoms with Crippen molar-refractivity contribution in [2.24, 2.45) is 11.7 Å². The Morgan fingerprint density at radius 2 is 1.03 bits per heavy atom. The molecule has 1 saturated carbocycles. The van der Waals surface area contributed by atoms with Crippen LogP contribution >= 0.6 is 0 Å². The van der Waals surface area contributed by atoms with E-state index in [1.54, 1.807) is 14.7 Å². The van der Waals surface area contributed by atoms with Gasteiger partial charge in [-0.2, -0.15) is 0 Å². The largest absolute Gasteiger partial charge is 0.480 e. The van der Waals surface area contributed by atoms with Gasteiger partial charge in [0.2, 0.25) is 0 Å². The van der Waals surface area contributed by atoms with Gasteiger partial charge in [0, 0.05) is 57.9 Å². The summed E-state index contributed by atoms with van der Waals surface area (Å²) < 4.78 is 0. The quantitative estimate of drug-likeness (QED) is 0.234. The molecule has 2 aliphatic rings. The van der Waals surface area contributed by atoms with Crippen LogP contribution in [0, 0.1) is 5.92 Å². The van der Waals surface area contributed by atoms with E-state index in [0.717, 1.165) is 25.7 Å². The van der Waals surface area contributed by atoms with Gasteiger partial charge in [0.05, 0.1) is 26.2 Å². The molecular formula is C23H41N5O8. The van der Waals surface area contributed by atoms with Gasteiger partial charge in [0.1, 0.15) is 0 Å². The number of carboxylic acid groups (broad SMARTS) is 4. The third kappa shape index (κ3) is 11.6. The Balaban J connectivity index is 2.31. The molecule has 0 aromatic rings. The predicted octanol–water partition coefficient (Wildman–Crippen LogP) is -1.18. The van der Waals surface area contributed by atoms with Crippen LogP contribution in [0.25, 0.3) is 0 Å². The zero-order valence-electron chi connectivity index (χ0n) is 20.8. The standard InChI is InChI=1S/C23H41N5O8/c24-18-3-1-17(2-4-18)11-19-12-27(15-22(33)34)8-7-25(13-20(29)30)5-6-26(14-21(31)32)9-10-28(19)16-23(35)36/h17-19H,1-16,24H2,(H,29,30)(H,31,32)(H,33,34)(H,35,36). The molecule has 2 fully saturated rings. The van der Waals surface area contributed by atoms with Crippen LogP contribution in [0.3, 0.4) is 0 Å². The van der Waals surface area contributed by atoms with E-state index in [1.165, 1.54) is 0 Å². The lowest BCUT2D eigenvalue weighted by Crippen LogP contribution is -2.53. The lowest BCUT2D eigenvalue weighted by molar-refractivity contribution is -0.142. The van der Waals surface area contributed by atoms with Crippen LogP contribution in [0.1, 0.15) is 32.1 Å². The number of rotatable bonds is 10. The highest BCUT2D eigenvalue weighted by Crippen LogP contribution is 2.28. The van der Waals surface area contributed by atoms with Gasteiger partial charge in [0.25, 0.3) is 0 Å². The molecule has 6 N–H and O–H groups in total. The number of carbonyl (C=O) groups is 4. The summed E-state index contributed by atoms with van der Waals surface area (Å²) in [5.74, 6) is -3.70. The summed E-state index contributed by atoms with van der Waals surface area (Å²) in [4.78, 5) is 53.1. The van der Waals surface area contributed by atoms with E-state index in [-0.39, 0.29) is 38.3 Å². The summed E-state index contributed by atoms with van der Waals surface area (Å²) in [5, 5.41) is 37.8. The van der Waals surface area contributed by atoms with E-state index in [2.05, 4.69) is 0 Å². The van der Waals surface area contributed by atoms with E-state index in [9.17, 15) is 39.6 Å². The van der Waals surface area contributed by atoms with Crippen LogP contribution in [0.15, 0.2) is 0 Å². The highest BCUT2D eigenvalue weighted by Gasteiger charge is 2.30. The molecule has 0 bridgehead atoms.